The molecule has 1 aliphatic heterocycles. The van der Waals surface area contributed by atoms with Gasteiger partial charge in [0.25, 0.3) is 0 Å². The number of halogens is 1. The van der Waals surface area contributed by atoms with E-state index in [2.05, 4.69) is 47.9 Å². The summed E-state index contributed by atoms with van der Waals surface area (Å²) >= 11 is 6.42. The van der Waals surface area contributed by atoms with E-state index in [4.69, 9.17) is 21.0 Å². The molecule has 2 aromatic heterocycles. The number of aromatic nitrogens is 1. The third-order valence-corrected chi connectivity index (χ3v) is 5.00. The standard InChI is InChI=1S/C21H15ClN2O/c1-13-7-8-14-11-20(25-19(14)10-13)21-18-6-3-9-24(18)17-5-2-4-16(22)15(17)12-23-21/h2-11H,12H2,1H3. The monoisotopic (exact) mass is 346 g/mol. The van der Waals surface area contributed by atoms with Crippen LogP contribution < -0.4 is 0 Å². The Morgan fingerprint density at radius 1 is 1.08 bits per heavy atom. The van der Waals surface area contributed by atoms with Crippen LogP contribution in [0.2, 0.25) is 5.02 Å². The zero-order valence-corrected chi connectivity index (χ0v) is 14.4. The van der Waals surface area contributed by atoms with E-state index in [9.17, 15) is 0 Å². The smallest absolute Gasteiger partial charge is 0.155 e. The molecule has 0 N–H and O–H groups in total. The lowest BCUT2D eigenvalue weighted by molar-refractivity contribution is 0.604. The van der Waals surface area contributed by atoms with Gasteiger partial charge in [-0.05, 0) is 48.9 Å². The van der Waals surface area contributed by atoms with Gasteiger partial charge in [-0.2, -0.15) is 0 Å². The second-order valence-electron chi connectivity index (χ2n) is 6.32. The van der Waals surface area contributed by atoms with Crippen LogP contribution in [0.5, 0.6) is 0 Å². The highest BCUT2D eigenvalue weighted by Gasteiger charge is 2.22. The summed E-state index contributed by atoms with van der Waals surface area (Å²) in [4.78, 5) is 4.84. The number of furan rings is 1. The van der Waals surface area contributed by atoms with E-state index >= 15 is 0 Å². The van der Waals surface area contributed by atoms with Crippen LogP contribution in [-0.2, 0) is 6.54 Å². The van der Waals surface area contributed by atoms with Gasteiger partial charge >= 0.3 is 0 Å². The van der Waals surface area contributed by atoms with Crippen LogP contribution >= 0.6 is 11.6 Å². The lowest BCUT2D eigenvalue weighted by atomic mass is 10.1. The van der Waals surface area contributed by atoms with Gasteiger partial charge in [-0.25, -0.2) is 0 Å². The average molecular weight is 347 g/mol. The summed E-state index contributed by atoms with van der Waals surface area (Å²) in [7, 11) is 0. The van der Waals surface area contributed by atoms with Crippen molar-refractivity contribution < 1.29 is 4.42 Å². The largest absolute Gasteiger partial charge is 0.454 e. The highest BCUT2D eigenvalue weighted by atomic mass is 35.5. The Balaban J connectivity index is 1.73. The Morgan fingerprint density at radius 2 is 2.00 bits per heavy atom. The zero-order valence-electron chi connectivity index (χ0n) is 13.7. The molecule has 0 bridgehead atoms. The summed E-state index contributed by atoms with van der Waals surface area (Å²) in [5.74, 6) is 0.782. The van der Waals surface area contributed by atoms with Crippen molar-refractivity contribution in [3.8, 4) is 5.69 Å². The van der Waals surface area contributed by atoms with E-state index in [1.807, 2.05) is 24.4 Å². The predicted octanol–water partition coefficient (Wildman–Crippen LogP) is 5.54. The number of aryl methyl sites for hydroxylation is 1. The summed E-state index contributed by atoms with van der Waals surface area (Å²) < 4.78 is 8.25. The lowest BCUT2D eigenvalue weighted by Gasteiger charge is -2.10. The molecule has 0 aliphatic carbocycles. The minimum absolute atomic E-state index is 0.530. The quantitative estimate of drug-likeness (QED) is 0.445. The molecule has 0 radical (unpaired) electrons. The molecule has 0 spiro atoms. The first kappa shape index (κ1) is 14.6. The van der Waals surface area contributed by atoms with Crippen LogP contribution in [-0.4, -0.2) is 10.3 Å². The molecule has 4 aromatic rings. The van der Waals surface area contributed by atoms with Gasteiger partial charge in [-0.15, -0.1) is 0 Å². The van der Waals surface area contributed by atoms with Crippen molar-refractivity contribution in [2.75, 3.05) is 0 Å². The highest BCUT2D eigenvalue weighted by Crippen LogP contribution is 2.31. The predicted molar refractivity (Wildman–Crippen MR) is 101 cm³/mol. The van der Waals surface area contributed by atoms with E-state index in [1.54, 1.807) is 0 Å². The van der Waals surface area contributed by atoms with E-state index in [0.29, 0.717) is 6.54 Å². The molecule has 5 rings (SSSR count). The summed E-state index contributed by atoms with van der Waals surface area (Å²) in [6.45, 7) is 2.59. The molecule has 0 amide bonds. The Hall–Kier alpha value is -2.78. The molecule has 0 atom stereocenters. The topological polar surface area (TPSA) is 30.4 Å². The normalized spacial score (nSPS) is 13.3. The molecule has 0 fully saturated rings. The molecule has 0 saturated carbocycles. The highest BCUT2D eigenvalue weighted by molar-refractivity contribution is 6.31. The van der Waals surface area contributed by atoms with Crippen LogP contribution in [0, 0.1) is 6.92 Å². The molecule has 2 aromatic carbocycles. The Labute approximate surface area is 150 Å². The molecule has 122 valence electrons. The second-order valence-corrected chi connectivity index (χ2v) is 6.72. The Bertz CT molecular complexity index is 1150. The SMILES string of the molecule is Cc1ccc2cc(C3=NCc4c(Cl)cccc4-n4cccc43)oc2c1. The van der Waals surface area contributed by atoms with Crippen LogP contribution in [0.25, 0.3) is 16.7 Å². The van der Waals surface area contributed by atoms with Gasteiger partial charge in [0, 0.05) is 22.2 Å². The number of aliphatic imine (C=N–C) groups is 1. The van der Waals surface area contributed by atoms with Crippen molar-refractivity contribution in [1.82, 2.24) is 4.57 Å². The van der Waals surface area contributed by atoms with Crippen molar-refractivity contribution in [2.45, 2.75) is 13.5 Å². The van der Waals surface area contributed by atoms with Gasteiger partial charge < -0.3 is 8.98 Å². The first-order valence-corrected chi connectivity index (χ1v) is 8.59. The number of hydrogen-bond acceptors (Lipinski definition) is 2. The van der Waals surface area contributed by atoms with Crippen LogP contribution in [0.4, 0.5) is 0 Å². The summed E-state index contributed by atoms with van der Waals surface area (Å²) in [5.41, 5.74) is 6.03. The van der Waals surface area contributed by atoms with E-state index in [-0.39, 0.29) is 0 Å². The van der Waals surface area contributed by atoms with Crippen molar-refractivity contribution in [1.29, 1.82) is 0 Å². The fourth-order valence-electron chi connectivity index (χ4n) is 3.41. The summed E-state index contributed by atoms with van der Waals surface area (Å²) in [6, 6.07) is 18.3. The molecule has 3 nitrogen and oxygen atoms in total. The van der Waals surface area contributed by atoms with Crippen LogP contribution in [0.3, 0.4) is 0 Å². The minimum Gasteiger partial charge on any atom is -0.454 e. The Morgan fingerprint density at radius 3 is 2.92 bits per heavy atom. The number of hydrogen-bond donors (Lipinski definition) is 0. The van der Waals surface area contributed by atoms with Crippen molar-refractivity contribution >= 4 is 28.3 Å². The van der Waals surface area contributed by atoms with Crippen molar-refractivity contribution in [3.63, 3.8) is 0 Å². The zero-order chi connectivity index (χ0) is 17.0. The van der Waals surface area contributed by atoms with Crippen molar-refractivity contribution in [3.05, 3.63) is 88.4 Å². The molecule has 0 unspecified atom stereocenters. The maximum absolute atomic E-state index is 6.42. The van der Waals surface area contributed by atoms with Gasteiger partial charge in [-0.3, -0.25) is 4.99 Å². The van der Waals surface area contributed by atoms with Crippen LogP contribution in [0.15, 0.2) is 70.2 Å². The molecule has 25 heavy (non-hydrogen) atoms. The van der Waals surface area contributed by atoms with E-state index < -0.39 is 0 Å². The van der Waals surface area contributed by atoms with Crippen LogP contribution in [0.1, 0.15) is 22.6 Å². The summed E-state index contributed by atoms with van der Waals surface area (Å²) in [6.07, 6.45) is 2.04. The van der Waals surface area contributed by atoms with Crippen molar-refractivity contribution in [2.24, 2.45) is 4.99 Å². The first-order chi connectivity index (χ1) is 12.2. The lowest BCUT2D eigenvalue weighted by Crippen LogP contribution is -2.07. The maximum Gasteiger partial charge on any atom is 0.155 e. The molecule has 4 heteroatoms. The molecular formula is C21H15ClN2O. The fraction of sp³-hybridized carbons (Fsp3) is 0.0952. The van der Waals surface area contributed by atoms with E-state index in [0.717, 1.165) is 44.4 Å². The van der Waals surface area contributed by atoms with Gasteiger partial charge in [0.05, 0.1) is 17.9 Å². The molecule has 3 heterocycles. The number of fused-ring (bicyclic) bond motifs is 4. The van der Waals surface area contributed by atoms with Gasteiger partial charge in [0.15, 0.2) is 5.76 Å². The number of nitrogens with zero attached hydrogens (tertiary/aromatic N) is 2. The van der Waals surface area contributed by atoms with E-state index in [1.165, 1.54) is 5.56 Å². The third-order valence-electron chi connectivity index (χ3n) is 4.65. The van der Waals surface area contributed by atoms with Gasteiger partial charge in [0.1, 0.15) is 11.3 Å². The molecule has 1 aliphatic rings. The maximum atomic E-state index is 6.42. The first-order valence-electron chi connectivity index (χ1n) is 8.21. The number of rotatable bonds is 1. The molecular weight excluding hydrogens is 332 g/mol. The Kier molecular flexibility index (Phi) is 3.12. The summed E-state index contributed by atoms with van der Waals surface area (Å²) in [5, 5.41) is 1.82. The molecule has 0 saturated heterocycles. The van der Waals surface area contributed by atoms with Gasteiger partial charge in [0.2, 0.25) is 0 Å². The van der Waals surface area contributed by atoms with Gasteiger partial charge in [-0.1, -0.05) is 29.8 Å². The third kappa shape index (κ3) is 2.24. The minimum atomic E-state index is 0.530. The fourth-order valence-corrected chi connectivity index (χ4v) is 3.64. The second kappa shape index (κ2) is 5.36. The average Bonchev–Trinajstić information content (AvgIpc) is 3.20. The number of benzene rings is 2.